The lowest BCUT2D eigenvalue weighted by Gasteiger charge is -2.02. The van der Waals surface area contributed by atoms with Gasteiger partial charge in [0.05, 0.1) is 19.6 Å². The minimum Gasteiger partial charge on any atom is -0.466 e. The first-order chi connectivity index (χ1) is 8.79. The fourth-order valence-electron chi connectivity index (χ4n) is 1.76. The predicted molar refractivity (Wildman–Crippen MR) is 69.2 cm³/mol. The van der Waals surface area contributed by atoms with Crippen molar-refractivity contribution in [3.63, 3.8) is 0 Å². The highest BCUT2D eigenvalue weighted by atomic mass is 16.5. The first-order valence-corrected chi connectivity index (χ1v) is 6.13. The second kappa shape index (κ2) is 6.21. The Morgan fingerprint density at radius 2 is 2.22 bits per heavy atom. The fraction of sp³-hybridized carbons (Fsp3) is 0.357. The zero-order valence-corrected chi connectivity index (χ0v) is 10.4. The number of rotatable bonds is 6. The van der Waals surface area contributed by atoms with Gasteiger partial charge in [-0.2, -0.15) is 0 Å². The van der Waals surface area contributed by atoms with Gasteiger partial charge in [-0.05, 0) is 19.1 Å². The first kappa shape index (κ1) is 12.6. The largest absolute Gasteiger partial charge is 0.466 e. The zero-order valence-electron chi connectivity index (χ0n) is 10.4. The van der Waals surface area contributed by atoms with Crippen molar-refractivity contribution in [3.05, 3.63) is 36.1 Å². The molecule has 1 aromatic carbocycles. The van der Waals surface area contributed by atoms with Gasteiger partial charge in [0.25, 0.3) is 0 Å². The highest BCUT2D eigenvalue weighted by molar-refractivity contribution is 5.77. The molecule has 0 aliphatic heterocycles. The van der Waals surface area contributed by atoms with Crippen LogP contribution in [0.25, 0.3) is 11.0 Å². The Bertz CT molecular complexity index is 485. The van der Waals surface area contributed by atoms with Gasteiger partial charge < -0.3 is 14.5 Å². The molecule has 0 saturated carbocycles. The summed E-state index contributed by atoms with van der Waals surface area (Å²) in [7, 11) is 0. The van der Waals surface area contributed by atoms with Crippen molar-refractivity contribution in [1.29, 1.82) is 0 Å². The monoisotopic (exact) mass is 247 g/mol. The van der Waals surface area contributed by atoms with Crippen LogP contribution >= 0.6 is 0 Å². The number of benzene rings is 1. The highest BCUT2D eigenvalue weighted by Gasteiger charge is 2.04. The van der Waals surface area contributed by atoms with E-state index in [1.165, 1.54) is 0 Å². The third kappa shape index (κ3) is 3.34. The standard InChI is InChI=1S/C14H17NO3/c1-2-17-14(16)7-8-15-10-12-9-11-5-3-4-6-13(11)18-12/h3-6,9,15H,2,7-8,10H2,1H3. The van der Waals surface area contributed by atoms with Crippen molar-refractivity contribution in [3.8, 4) is 0 Å². The van der Waals surface area contributed by atoms with Crippen LogP contribution in [0.4, 0.5) is 0 Å². The summed E-state index contributed by atoms with van der Waals surface area (Å²) in [5, 5.41) is 4.25. The van der Waals surface area contributed by atoms with Crippen LogP contribution in [0.1, 0.15) is 19.1 Å². The van der Waals surface area contributed by atoms with Crippen molar-refractivity contribution in [2.75, 3.05) is 13.2 Å². The van der Waals surface area contributed by atoms with Crippen molar-refractivity contribution in [2.45, 2.75) is 19.9 Å². The Hall–Kier alpha value is -1.81. The Morgan fingerprint density at radius 1 is 1.39 bits per heavy atom. The quantitative estimate of drug-likeness (QED) is 0.629. The molecule has 0 saturated heterocycles. The molecule has 1 heterocycles. The van der Waals surface area contributed by atoms with Gasteiger partial charge in [0.15, 0.2) is 0 Å². The summed E-state index contributed by atoms with van der Waals surface area (Å²) in [5.74, 6) is 0.703. The normalized spacial score (nSPS) is 10.7. The van der Waals surface area contributed by atoms with Gasteiger partial charge in [0, 0.05) is 11.9 Å². The lowest BCUT2D eigenvalue weighted by molar-refractivity contribution is -0.142. The molecule has 0 radical (unpaired) electrons. The second-order valence-electron chi connectivity index (χ2n) is 3.98. The summed E-state index contributed by atoms with van der Waals surface area (Å²) in [5.41, 5.74) is 0.889. The van der Waals surface area contributed by atoms with Gasteiger partial charge in [-0.25, -0.2) is 0 Å². The van der Waals surface area contributed by atoms with Gasteiger partial charge in [0.1, 0.15) is 11.3 Å². The number of hydrogen-bond acceptors (Lipinski definition) is 4. The summed E-state index contributed by atoms with van der Waals surface area (Å²) >= 11 is 0. The Kier molecular flexibility index (Phi) is 4.36. The van der Waals surface area contributed by atoms with E-state index < -0.39 is 0 Å². The smallest absolute Gasteiger partial charge is 0.307 e. The summed E-state index contributed by atoms with van der Waals surface area (Å²) in [6.45, 7) is 3.45. The Labute approximate surface area is 106 Å². The molecular weight excluding hydrogens is 230 g/mol. The molecule has 2 rings (SSSR count). The molecule has 1 N–H and O–H groups in total. The van der Waals surface area contributed by atoms with Crippen LogP contribution in [0.3, 0.4) is 0 Å². The highest BCUT2D eigenvalue weighted by Crippen LogP contribution is 2.18. The van der Waals surface area contributed by atoms with Crippen molar-refractivity contribution in [2.24, 2.45) is 0 Å². The van der Waals surface area contributed by atoms with E-state index in [9.17, 15) is 4.79 Å². The Morgan fingerprint density at radius 3 is 3.00 bits per heavy atom. The van der Waals surface area contributed by atoms with E-state index >= 15 is 0 Å². The molecule has 0 amide bonds. The van der Waals surface area contributed by atoms with Crippen LogP contribution in [0.5, 0.6) is 0 Å². The van der Waals surface area contributed by atoms with E-state index in [-0.39, 0.29) is 5.97 Å². The average molecular weight is 247 g/mol. The van der Waals surface area contributed by atoms with Gasteiger partial charge >= 0.3 is 5.97 Å². The third-order valence-electron chi connectivity index (χ3n) is 2.59. The van der Waals surface area contributed by atoms with E-state index in [1.54, 1.807) is 6.92 Å². The number of carbonyl (C=O) groups excluding carboxylic acids is 1. The van der Waals surface area contributed by atoms with E-state index in [0.717, 1.165) is 16.7 Å². The summed E-state index contributed by atoms with van der Waals surface area (Å²) in [4.78, 5) is 11.1. The molecular formula is C14H17NO3. The fourth-order valence-corrected chi connectivity index (χ4v) is 1.76. The van der Waals surface area contributed by atoms with Gasteiger partial charge in [-0.3, -0.25) is 4.79 Å². The molecule has 18 heavy (non-hydrogen) atoms. The molecule has 0 aliphatic carbocycles. The summed E-state index contributed by atoms with van der Waals surface area (Å²) in [6.07, 6.45) is 0.383. The third-order valence-corrected chi connectivity index (χ3v) is 2.59. The number of hydrogen-bond donors (Lipinski definition) is 1. The van der Waals surface area contributed by atoms with Gasteiger partial charge in [0.2, 0.25) is 0 Å². The lowest BCUT2D eigenvalue weighted by Crippen LogP contribution is -2.18. The number of para-hydroxylation sites is 1. The predicted octanol–water partition coefficient (Wildman–Crippen LogP) is 2.48. The minimum atomic E-state index is -0.172. The molecule has 0 unspecified atom stereocenters. The number of furan rings is 1. The maximum atomic E-state index is 11.1. The average Bonchev–Trinajstić information content (AvgIpc) is 2.77. The molecule has 96 valence electrons. The SMILES string of the molecule is CCOC(=O)CCNCc1cc2ccccc2o1. The molecule has 4 nitrogen and oxygen atoms in total. The molecule has 0 fully saturated rings. The molecule has 0 aliphatic rings. The van der Waals surface area contributed by atoms with Crippen LogP contribution in [0.15, 0.2) is 34.7 Å². The molecule has 2 aromatic rings. The molecule has 0 spiro atoms. The maximum Gasteiger partial charge on any atom is 0.307 e. The molecule has 0 bridgehead atoms. The first-order valence-electron chi connectivity index (χ1n) is 6.13. The van der Waals surface area contributed by atoms with Crippen LogP contribution in [-0.4, -0.2) is 19.1 Å². The van der Waals surface area contributed by atoms with Crippen molar-refractivity contribution < 1.29 is 13.9 Å². The van der Waals surface area contributed by atoms with Crippen LogP contribution in [0, 0.1) is 0 Å². The van der Waals surface area contributed by atoms with E-state index in [1.807, 2.05) is 30.3 Å². The summed E-state index contributed by atoms with van der Waals surface area (Å²) < 4.78 is 10.5. The number of carbonyl (C=O) groups is 1. The van der Waals surface area contributed by atoms with Crippen molar-refractivity contribution in [1.82, 2.24) is 5.32 Å². The van der Waals surface area contributed by atoms with Gasteiger partial charge in [-0.15, -0.1) is 0 Å². The maximum absolute atomic E-state index is 11.1. The minimum absolute atomic E-state index is 0.172. The Balaban J connectivity index is 1.78. The number of nitrogens with one attached hydrogen (secondary N) is 1. The molecule has 4 heteroatoms. The second-order valence-corrected chi connectivity index (χ2v) is 3.98. The lowest BCUT2D eigenvalue weighted by atomic mass is 10.2. The topological polar surface area (TPSA) is 51.5 Å². The van der Waals surface area contributed by atoms with Crippen LogP contribution in [-0.2, 0) is 16.1 Å². The number of esters is 1. The van der Waals surface area contributed by atoms with Crippen molar-refractivity contribution >= 4 is 16.9 Å². The van der Waals surface area contributed by atoms with E-state index in [0.29, 0.717) is 26.1 Å². The molecule has 0 atom stereocenters. The summed E-state index contributed by atoms with van der Waals surface area (Å²) in [6, 6.07) is 9.89. The van der Waals surface area contributed by atoms with Gasteiger partial charge in [-0.1, -0.05) is 18.2 Å². The van der Waals surface area contributed by atoms with E-state index in [4.69, 9.17) is 9.15 Å². The number of ether oxygens (including phenoxy) is 1. The number of fused-ring (bicyclic) bond motifs is 1. The molecule has 1 aromatic heterocycles. The zero-order chi connectivity index (χ0) is 12.8. The van der Waals surface area contributed by atoms with E-state index in [2.05, 4.69) is 5.32 Å². The van der Waals surface area contributed by atoms with Crippen LogP contribution < -0.4 is 5.32 Å². The van der Waals surface area contributed by atoms with Crippen LogP contribution in [0.2, 0.25) is 0 Å².